The molecule has 1 aliphatic heterocycles. The molecular weight excluding hydrogens is 304 g/mol. The second-order valence-electron chi connectivity index (χ2n) is 4.87. The zero-order valence-corrected chi connectivity index (χ0v) is 12.7. The summed E-state index contributed by atoms with van der Waals surface area (Å²) in [5.74, 6) is 0.377. The first-order chi connectivity index (χ1) is 9.22. The van der Waals surface area contributed by atoms with Gasteiger partial charge in [-0.3, -0.25) is 4.90 Å². The number of phenols is 1. The van der Waals surface area contributed by atoms with E-state index in [-0.39, 0.29) is 6.04 Å². The number of hydrogen-bond donors (Lipinski definition) is 2. The molecule has 1 heterocycles. The van der Waals surface area contributed by atoms with Gasteiger partial charge in [0.1, 0.15) is 5.75 Å². The molecular formula is C15H21BrN2O. The molecule has 0 aromatic heterocycles. The maximum atomic E-state index is 10.2. The molecule has 0 unspecified atom stereocenters. The first kappa shape index (κ1) is 14.6. The lowest BCUT2D eigenvalue weighted by Gasteiger charge is -2.35. The predicted octanol–water partition coefficient (Wildman–Crippen LogP) is 3.07. The van der Waals surface area contributed by atoms with E-state index in [0.717, 1.165) is 49.1 Å². The van der Waals surface area contributed by atoms with Crippen molar-refractivity contribution in [1.82, 2.24) is 10.2 Å². The average molecular weight is 325 g/mol. The summed E-state index contributed by atoms with van der Waals surface area (Å²) in [6.07, 6.45) is 3.91. The minimum absolute atomic E-state index is 0.271. The molecule has 1 aromatic rings. The monoisotopic (exact) mass is 324 g/mol. The Morgan fingerprint density at radius 1 is 1.42 bits per heavy atom. The fourth-order valence-electron chi connectivity index (χ4n) is 2.60. The molecule has 0 saturated carbocycles. The lowest BCUT2D eigenvalue weighted by atomic mass is 9.98. The van der Waals surface area contributed by atoms with E-state index < -0.39 is 0 Å². The lowest BCUT2D eigenvalue weighted by Crippen LogP contribution is -2.45. The van der Waals surface area contributed by atoms with Crippen molar-refractivity contribution in [3.05, 3.63) is 40.9 Å². The fraction of sp³-hybridized carbons (Fsp3) is 0.467. The van der Waals surface area contributed by atoms with Crippen LogP contribution in [0, 0.1) is 0 Å². The summed E-state index contributed by atoms with van der Waals surface area (Å²) < 4.78 is 0.913. The smallest absolute Gasteiger partial charge is 0.121 e. The Balaban J connectivity index is 2.22. The highest BCUT2D eigenvalue weighted by molar-refractivity contribution is 9.10. The third kappa shape index (κ3) is 3.81. The molecule has 2 rings (SSSR count). The number of rotatable bonds is 5. The van der Waals surface area contributed by atoms with Gasteiger partial charge in [-0.25, -0.2) is 0 Å². The van der Waals surface area contributed by atoms with Crippen LogP contribution in [0.25, 0.3) is 0 Å². The van der Waals surface area contributed by atoms with E-state index in [0.29, 0.717) is 5.75 Å². The molecule has 19 heavy (non-hydrogen) atoms. The quantitative estimate of drug-likeness (QED) is 0.817. The summed E-state index contributed by atoms with van der Waals surface area (Å²) in [5.41, 5.74) is 1.02. The van der Waals surface area contributed by atoms with Crippen LogP contribution in [0.5, 0.6) is 5.75 Å². The molecule has 1 fully saturated rings. The van der Waals surface area contributed by atoms with Crippen molar-refractivity contribution < 1.29 is 5.11 Å². The zero-order valence-electron chi connectivity index (χ0n) is 11.1. The van der Waals surface area contributed by atoms with E-state index in [4.69, 9.17) is 0 Å². The van der Waals surface area contributed by atoms with Crippen LogP contribution >= 0.6 is 15.9 Å². The highest BCUT2D eigenvalue weighted by Crippen LogP contribution is 2.34. The molecule has 0 bridgehead atoms. The average Bonchev–Trinajstić information content (AvgIpc) is 2.42. The molecule has 4 heteroatoms. The van der Waals surface area contributed by atoms with Crippen molar-refractivity contribution in [3.63, 3.8) is 0 Å². The van der Waals surface area contributed by atoms with Crippen molar-refractivity contribution in [1.29, 1.82) is 0 Å². The summed E-state index contributed by atoms with van der Waals surface area (Å²) in [5, 5.41) is 13.6. The van der Waals surface area contributed by atoms with Crippen LogP contribution in [-0.4, -0.2) is 36.2 Å². The summed E-state index contributed by atoms with van der Waals surface area (Å²) in [4.78, 5) is 2.45. The molecule has 0 radical (unpaired) electrons. The first-order valence-electron chi connectivity index (χ1n) is 6.76. The Morgan fingerprint density at radius 3 is 2.79 bits per heavy atom. The number of phenolic OH excluding ortho intramolecular Hbond substituents is 1. The molecule has 2 N–H and O–H groups in total. The number of benzene rings is 1. The number of halogens is 1. The van der Waals surface area contributed by atoms with Crippen LogP contribution in [0.15, 0.2) is 35.3 Å². The minimum atomic E-state index is 0.271. The van der Waals surface area contributed by atoms with Crippen molar-refractivity contribution in [3.8, 4) is 5.75 Å². The van der Waals surface area contributed by atoms with Crippen LogP contribution in [0.1, 0.15) is 24.4 Å². The predicted molar refractivity (Wildman–Crippen MR) is 82.4 cm³/mol. The highest BCUT2D eigenvalue weighted by Gasteiger charge is 2.23. The normalized spacial score (nSPS) is 18.2. The molecule has 0 amide bonds. The van der Waals surface area contributed by atoms with Gasteiger partial charge in [-0.2, -0.15) is 0 Å². The van der Waals surface area contributed by atoms with E-state index in [1.807, 2.05) is 18.2 Å². The second-order valence-corrected chi connectivity index (χ2v) is 5.79. The third-order valence-corrected chi connectivity index (χ3v) is 4.08. The molecule has 1 aromatic carbocycles. The van der Waals surface area contributed by atoms with E-state index >= 15 is 0 Å². The van der Waals surface area contributed by atoms with Gasteiger partial charge in [-0.05, 0) is 25.0 Å². The van der Waals surface area contributed by atoms with Crippen LogP contribution in [0.2, 0.25) is 0 Å². The van der Waals surface area contributed by atoms with Gasteiger partial charge in [-0.15, -0.1) is 6.58 Å². The molecule has 1 atom stereocenters. The second kappa shape index (κ2) is 7.08. The number of hydrogen-bond acceptors (Lipinski definition) is 3. The zero-order chi connectivity index (χ0) is 13.7. The Morgan fingerprint density at radius 2 is 2.16 bits per heavy atom. The standard InChI is InChI=1S/C15H21BrN2O/c1-2-3-4-14(18-9-7-17-8-10-18)13-6-5-12(16)11-15(13)19/h2,5-6,11,14,17,19H,1,3-4,7-10H2/t14-/m1/s1. The van der Waals surface area contributed by atoms with Gasteiger partial charge < -0.3 is 10.4 Å². The minimum Gasteiger partial charge on any atom is -0.508 e. The summed E-state index contributed by atoms with van der Waals surface area (Å²) in [6.45, 7) is 7.89. The van der Waals surface area contributed by atoms with E-state index in [9.17, 15) is 5.11 Å². The van der Waals surface area contributed by atoms with Crippen LogP contribution in [0.4, 0.5) is 0 Å². The molecule has 0 aliphatic carbocycles. The summed E-state index contributed by atoms with van der Waals surface area (Å²) in [6, 6.07) is 6.07. The van der Waals surface area contributed by atoms with Gasteiger partial charge in [-0.1, -0.05) is 28.1 Å². The largest absolute Gasteiger partial charge is 0.508 e. The van der Waals surface area contributed by atoms with Crippen molar-refractivity contribution in [2.24, 2.45) is 0 Å². The lowest BCUT2D eigenvalue weighted by molar-refractivity contribution is 0.163. The topological polar surface area (TPSA) is 35.5 Å². The molecule has 3 nitrogen and oxygen atoms in total. The molecule has 104 valence electrons. The molecule has 0 spiro atoms. The first-order valence-corrected chi connectivity index (χ1v) is 7.55. The van der Waals surface area contributed by atoms with Crippen LogP contribution in [-0.2, 0) is 0 Å². The Bertz CT molecular complexity index is 430. The maximum Gasteiger partial charge on any atom is 0.121 e. The SMILES string of the molecule is C=CCC[C@H](c1ccc(Br)cc1O)N1CCNCC1. The molecule has 1 aliphatic rings. The number of nitrogens with one attached hydrogen (secondary N) is 1. The number of piperazine rings is 1. The van der Waals surface area contributed by atoms with Crippen molar-refractivity contribution >= 4 is 15.9 Å². The number of allylic oxidation sites excluding steroid dienone is 1. The van der Waals surface area contributed by atoms with Gasteiger partial charge >= 0.3 is 0 Å². The number of aromatic hydroxyl groups is 1. The van der Waals surface area contributed by atoms with Crippen LogP contribution in [0.3, 0.4) is 0 Å². The van der Waals surface area contributed by atoms with Gasteiger partial charge in [0.15, 0.2) is 0 Å². The highest BCUT2D eigenvalue weighted by atomic mass is 79.9. The van der Waals surface area contributed by atoms with Gasteiger partial charge in [0.25, 0.3) is 0 Å². The van der Waals surface area contributed by atoms with E-state index in [1.165, 1.54) is 0 Å². The molecule has 1 saturated heterocycles. The van der Waals surface area contributed by atoms with E-state index in [1.54, 1.807) is 6.07 Å². The summed E-state index contributed by atoms with van der Waals surface area (Å²) >= 11 is 3.39. The van der Waals surface area contributed by atoms with Gasteiger partial charge in [0.05, 0.1) is 0 Å². The Hall–Kier alpha value is -0.840. The fourth-order valence-corrected chi connectivity index (χ4v) is 2.95. The van der Waals surface area contributed by atoms with Gasteiger partial charge in [0.2, 0.25) is 0 Å². The van der Waals surface area contributed by atoms with Crippen molar-refractivity contribution in [2.75, 3.05) is 26.2 Å². The Kier molecular flexibility index (Phi) is 5.43. The Labute approximate surface area is 123 Å². The summed E-state index contributed by atoms with van der Waals surface area (Å²) in [7, 11) is 0. The third-order valence-electron chi connectivity index (χ3n) is 3.59. The maximum absolute atomic E-state index is 10.2. The number of nitrogens with zero attached hydrogens (tertiary/aromatic N) is 1. The van der Waals surface area contributed by atoms with E-state index in [2.05, 4.69) is 32.7 Å². The van der Waals surface area contributed by atoms with Crippen molar-refractivity contribution in [2.45, 2.75) is 18.9 Å². The van der Waals surface area contributed by atoms with Gasteiger partial charge in [0, 0.05) is 42.3 Å². The van der Waals surface area contributed by atoms with Crippen LogP contribution < -0.4 is 5.32 Å².